The molecule has 1 heterocycles. The van der Waals surface area contributed by atoms with Crippen LogP contribution in [0, 0.1) is 11.6 Å². The summed E-state index contributed by atoms with van der Waals surface area (Å²) in [6.07, 6.45) is 4.33. The number of nitrogens with zero attached hydrogens (tertiary/aromatic N) is 2. The lowest BCUT2D eigenvalue weighted by molar-refractivity contribution is -0.129. The van der Waals surface area contributed by atoms with Gasteiger partial charge >= 0.3 is 0 Å². The number of aromatic nitrogens is 1. The van der Waals surface area contributed by atoms with E-state index < -0.39 is 11.6 Å². The SMILES string of the molecule is CN(CCc1ccncc1)C(=O)CCNc1c(F)cccc1F. The van der Waals surface area contributed by atoms with Gasteiger partial charge in [-0.1, -0.05) is 6.07 Å². The van der Waals surface area contributed by atoms with Crippen molar-refractivity contribution in [1.29, 1.82) is 0 Å². The van der Waals surface area contributed by atoms with E-state index in [2.05, 4.69) is 10.3 Å². The zero-order valence-corrected chi connectivity index (χ0v) is 12.9. The van der Waals surface area contributed by atoms with Gasteiger partial charge in [0, 0.05) is 39.0 Å². The fourth-order valence-corrected chi connectivity index (χ4v) is 2.12. The van der Waals surface area contributed by atoms with Crippen LogP contribution in [0.4, 0.5) is 14.5 Å². The minimum atomic E-state index is -0.663. The molecular weight excluding hydrogens is 300 g/mol. The Labute approximate surface area is 134 Å². The first-order valence-electron chi connectivity index (χ1n) is 7.38. The van der Waals surface area contributed by atoms with E-state index in [1.807, 2.05) is 12.1 Å². The van der Waals surface area contributed by atoms with E-state index in [0.29, 0.717) is 6.54 Å². The molecule has 6 heteroatoms. The predicted molar refractivity (Wildman–Crippen MR) is 85.0 cm³/mol. The van der Waals surface area contributed by atoms with E-state index in [1.54, 1.807) is 24.3 Å². The van der Waals surface area contributed by atoms with Crippen molar-refractivity contribution in [2.24, 2.45) is 0 Å². The lowest BCUT2D eigenvalue weighted by atomic mass is 10.2. The average Bonchev–Trinajstić information content (AvgIpc) is 2.56. The molecule has 0 bridgehead atoms. The van der Waals surface area contributed by atoms with Crippen LogP contribution in [0.25, 0.3) is 0 Å². The molecule has 0 radical (unpaired) electrons. The lowest BCUT2D eigenvalue weighted by Gasteiger charge is -2.17. The van der Waals surface area contributed by atoms with Crippen LogP contribution in [0.3, 0.4) is 0 Å². The molecule has 2 aromatic rings. The Balaban J connectivity index is 1.76. The van der Waals surface area contributed by atoms with Crippen molar-refractivity contribution < 1.29 is 13.6 Å². The number of halogens is 2. The Morgan fingerprint density at radius 1 is 1.17 bits per heavy atom. The highest BCUT2D eigenvalue weighted by molar-refractivity contribution is 5.76. The molecule has 2 rings (SSSR count). The van der Waals surface area contributed by atoms with Crippen molar-refractivity contribution in [2.75, 3.05) is 25.5 Å². The fourth-order valence-electron chi connectivity index (χ4n) is 2.12. The van der Waals surface area contributed by atoms with E-state index in [9.17, 15) is 13.6 Å². The third-order valence-electron chi connectivity index (χ3n) is 3.51. The van der Waals surface area contributed by atoms with Crippen molar-refractivity contribution in [3.8, 4) is 0 Å². The maximum atomic E-state index is 13.4. The number of benzene rings is 1. The zero-order valence-electron chi connectivity index (χ0n) is 12.9. The summed E-state index contributed by atoms with van der Waals surface area (Å²) in [5.41, 5.74) is 0.908. The summed E-state index contributed by atoms with van der Waals surface area (Å²) in [7, 11) is 1.72. The van der Waals surface area contributed by atoms with E-state index >= 15 is 0 Å². The smallest absolute Gasteiger partial charge is 0.224 e. The molecule has 1 N–H and O–H groups in total. The number of hydrogen-bond donors (Lipinski definition) is 1. The van der Waals surface area contributed by atoms with Gasteiger partial charge in [-0.2, -0.15) is 0 Å². The van der Waals surface area contributed by atoms with Crippen LogP contribution >= 0.6 is 0 Å². The van der Waals surface area contributed by atoms with Crippen LogP contribution in [0.2, 0.25) is 0 Å². The normalized spacial score (nSPS) is 10.4. The predicted octanol–water partition coefficient (Wildman–Crippen LogP) is 2.86. The molecule has 0 aliphatic heterocycles. The average molecular weight is 319 g/mol. The molecule has 1 aromatic carbocycles. The summed E-state index contributed by atoms with van der Waals surface area (Å²) in [6, 6.07) is 7.46. The maximum absolute atomic E-state index is 13.4. The molecule has 0 fully saturated rings. The summed E-state index contributed by atoms with van der Waals surface area (Å²) in [6.45, 7) is 0.757. The molecule has 0 unspecified atom stereocenters. The van der Waals surface area contributed by atoms with Gasteiger partial charge in [0.2, 0.25) is 5.91 Å². The van der Waals surface area contributed by atoms with Gasteiger partial charge in [0.05, 0.1) is 0 Å². The van der Waals surface area contributed by atoms with Crippen molar-refractivity contribution in [1.82, 2.24) is 9.88 Å². The highest BCUT2D eigenvalue weighted by atomic mass is 19.1. The topological polar surface area (TPSA) is 45.2 Å². The Morgan fingerprint density at radius 3 is 2.48 bits per heavy atom. The molecule has 1 amide bonds. The van der Waals surface area contributed by atoms with Crippen molar-refractivity contribution in [3.05, 3.63) is 59.9 Å². The first-order valence-corrected chi connectivity index (χ1v) is 7.38. The minimum absolute atomic E-state index is 0.0803. The Kier molecular flexibility index (Phi) is 6.02. The molecule has 0 atom stereocenters. The number of likely N-dealkylation sites (N-methyl/N-ethyl adjacent to an activating group) is 1. The standard InChI is InChI=1S/C17H19F2N3O/c1-22(12-8-13-5-9-20-10-6-13)16(23)7-11-21-17-14(18)3-2-4-15(17)19/h2-6,9-10,21H,7-8,11-12H2,1H3. The van der Waals surface area contributed by atoms with Crippen LogP contribution in [0.5, 0.6) is 0 Å². The number of nitrogens with one attached hydrogen (secondary N) is 1. The molecule has 0 spiro atoms. The molecular formula is C17H19F2N3O. The van der Waals surface area contributed by atoms with Crippen LogP contribution in [0.1, 0.15) is 12.0 Å². The quantitative estimate of drug-likeness (QED) is 0.853. The fraction of sp³-hybridized carbons (Fsp3) is 0.294. The molecule has 1 aromatic heterocycles. The zero-order chi connectivity index (χ0) is 16.7. The highest BCUT2D eigenvalue weighted by Crippen LogP contribution is 2.17. The second-order valence-corrected chi connectivity index (χ2v) is 5.19. The van der Waals surface area contributed by atoms with Crippen LogP contribution in [-0.2, 0) is 11.2 Å². The van der Waals surface area contributed by atoms with Gasteiger partial charge in [-0.05, 0) is 36.2 Å². The monoisotopic (exact) mass is 319 g/mol. The number of carbonyl (C=O) groups is 1. The highest BCUT2D eigenvalue weighted by Gasteiger charge is 2.11. The van der Waals surface area contributed by atoms with Crippen LogP contribution in [0.15, 0.2) is 42.7 Å². The lowest BCUT2D eigenvalue weighted by Crippen LogP contribution is -2.30. The van der Waals surface area contributed by atoms with Gasteiger partial charge in [0.15, 0.2) is 0 Å². The van der Waals surface area contributed by atoms with Gasteiger partial charge in [0.25, 0.3) is 0 Å². The summed E-state index contributed by atoms with van der Waals surface area (Å²) < 4.78 is 26.9. The van der Waals surface area contributed by atoms with Gasteiger partial charge < -0.3 is 10.2 Å². The van der Waals surface area contributed by atoms with Crippen molar-refractivity contribution in [2.45, 2.75) is 12.8 Å². The molecule has 0 saturated heterocycles. The van der Waals surface area contributed by atoms with Crippen molar-refractivity contribution in [3.63, 3.8) is 0 Å². The molecule has 4 nitrogen and oxygen atoms in total. The van der Waals surface area contributed by atoms with Gasteiger partial charge in [-0.15, -0.1) is 0 Å². The second-order valence-electron chi connectivity index (χ2n) is 5.19. The minimum Gasteiger partial charge on any atom is -0.380 e. The summed E-state index contributed by atoms with van der Waals surface area (Å²) in [5, 5.41) is 2.64. The Hall–Kier alpha value is -2.50. The number of para-hydroxylation sites is 1. The van der Waals surface area contributed by atoms with E-state index in [-0.39, 0.29) is 24.6 Å². The molecule has 0 saturated carbocycles. The van der Waals surface area contributed by atoms with Gasteiger partial charge in [-0.25, -0.2) is 8.78 Å². The largest absolute Gasteiger partial charge is 0.380 e. The number of anilines is 1. The van der Waals surface area contributed by atoms with Gasteiger partial charge in [-0.3, -0.25) is 9.78 Å². The van der Waals surface area contributed by atoms with E-state index in [0.717, 1.165) is 12.0 Å². The molecule has 23 heavy (non-hydrogen) atoms. The number of hydrogen-bond acceptors (Lipinski definition) is 3. The van der Waals surface area contributed by atoms with Crippen LogP contribution in [-0.4, -0.2) is 35.9 Å². The third kappa shape index (κ3) is 5.02. The maximum Gasteiger partial charge on any atom is 0.224 e. The van der Waals surface area contributed by atoms with Crippen molar-refractivity contribution >= 4 is 11.6 Å². The summed E-state index contributed by atoms with van der Waals surface area (Å²) in [5.74, 6) is -1.41. The number of amides is 1. The number of carbonyl (C=O) groups excluding carboxylic acids is 1. The molecule has 0 aliphatic carbocycles. The Bertz CT molecular complexity index is 629. The van der Waals surface area contributed by atoms with Gasteiger partial charge in [0.1, 0.15) is 17.3 Å². The first kappa shape index (κ1) is 16.9. The number of rotatable bonds is 7. The second kappa shape index (κ2) is 8.22. The molecule has 0 aliphatic rings. The Morgan fingerprint density at radius 2 is 1.83 bits per heavy atom. The number of pyridine rings is 1. The van der Waals surface area contributed by atoms with E-state index in [1.165, 1.54) is 18.2 Å². The summed E-state index contributed by atoms with van der Waals surface area (Å²) in [4.78, 5) is 17.6. The first-order chi connectivity index (χ1) is 11.1. The summed E-state index contributed by atoms with van der Waals surface area (Å²) >= 11 is 0. The molecule has 122 valence electrons. The van der Waals surface area contributed by atoms with Crippen LogP contribution < -0.4 is 5.32 Å². The third-order valence-corrected chi connectivity index (χ3v) is 3.51. The van der Waals surface area contributed by atoms with E-state index in [4.69, 9.17) is 0 Å².